The molecule has 1 heterocycles. The van der Waals surface area contributed by atoms with Crippen LogP contribution in [-0.4, -0.2) is 4.98 Å². The number of aromatic nitrogens is 1. The third kappa shape index (κ3) is 2.55. The van der Waals surface area contributed by atoms with Crippen molar-refractivity contribution in [3.8, 4) is 11.1 Å². The summed E-state index contributed by atoms with van der Waals surface area (Å²) in [7, 11) is 0. The van der Waals surface area contributed by atoms with Gasteiger partial charge in [-0.1, -0.05) is 32.9 Å². The van der Waals surface area contributed by atoms with Crippen molar-refractivity contribution in [1.82, 2.24) is 4.98 Å². The number of pyridine rings is 1. The molecule has 3 heteroatoms. The van der Waals surface area contributed by atoms with E-state index in [1.807, 2.05) is 12.1 Å². The summed E-state index contributed by atoms with van der Waals surface area (Å²) in [6.07, 6.45) is 1.69. The summed E-state index contributed by atoms with van der Waals surface area (Å²) in [6, 6.07) is 7.65. The van der Waals surface area contributed by atoms with Crippen molar-refractivity contribution in [2.24, 2.45) is 0 Å². The highest BCUT2D eigenvalue weighted by molar-refractivity contribution is 5.62. The lowest BCUT2D eigenvalue weighted by molar-refractivity contribution is 0.509. The van der Waals surface area contributed by atoms with Gasteiger partial charge in [0, 0.05) is 22.9 Å². The van der Waals surface area contributed by atoms with E-state index in [0.29, 0.717) is 5.56 Å². The third-order valence-electron chi connectivity index (χ3n) is 2.78. The Morgan fingerprint density at radius 3 is 2.06 bits per heavy atom. The van der Waals surface area contributed by atoms with Crippen LogP contribution in [0, 0.1) is 11.6 Å². The van der Waals surface area contributed by atoms with Crippen LogP contribution in [0.25, 0.3) is 11.1 Å². The smallest absolute Gasteiger partial charge is 0.159 e. The van der Waals surface area contributed by atoms with E-state index in [-0.39, 0.29) is 5.41 Å². The lowest BCUT2D eigenvalue weighted by Gasteiger charge is -2.17. The molecule has 0 saturated carbocycles. The number of halogens is 2. The molecule has 0 saturated heterocycles. The molecule has 0 fully saturated rings. The number of benzene rings is 1. The van der Waals surface area contributed by atoms with Gasteiger partial charge >= 0.3 is 0 Å². The first-order valence-electron chi connectivity index (χ1n) is 5.80. The molecule has 0 N–H and O–H groups in total. The predicted octanol–water partition coefficient (Wildman–Crippen LogP) is 4.32. The topological polar surface area (TPSA) is 12.9 Å². The largest absolute Gasteiger partial charge is 0.260 e. The monoisotopic (exact) mass is 247 g/mol. The van der Waals surface area contributed by atoms with E-state index in [1.54, 1.807) is 12.3 Å². The zero-order valence-corrected chi connectivity index (χ0v) is 10.7. The number of hydrogen-bond acceptors (Lipinski definition) is 1. The molecule has 0 spiro atoms. The Balaban J connectivity index is 2.37. The van der Waals surface area contributed by atoms with Crippen LogP contribution in [0.2, 0.25) is 0 Å². The molecule has 94 valence electrons. The maximum atomic E-state index is 13.1. The van der Waals surface area contributed by atoms with Gasteiger partial charge in [-0.2, -0.15) is 0 Å². The lowest BCUT2D eigenvalue weighted by atomic mass is 9.91. The molecule has 1 aromatic carbocycles. The quantitative estimate of drug-likeness (QED) is 0.731. The molecule has 0 aliphatic heterocycles. The Labute approximate surface area is 105 Å². The second-order valence-electron chi connectivity index (χ2n) is 5.31. The lowest BCUT2D eigenvalue weighted by Crippen LogP contribution is -2.12. The first-order chi connectivity index (χ1) is 8.38. The minimum absolute atomic E-state index is 0.0213. The molecule has 0 bridgehead atoms. The number of hydrogen-bond donors (Lipinski definition) is 0. The molecule has 0 amide bonds. The first kappa shape index (κ1) is 12.7. The molecule has 0 unspecified atom stereocenters. The summed E-state index contributed by atoms with van der Waals surface area (Å²) in [4.78, 5) is 4.36. The van der Waals surface area contributed by atoms with E-state index in [0.717, 1.165) is 17.3 Å². The van der Waals surface area contributed by atoms with Crippen molar-refractivity contribution < 1.29 is 8.78 Å². The highest BCUT2D eigenvalue weighted by Crippen LogP contribution is 2.24. The van der Waals surface area contributed by atoms with Crippen molar-refractivity contribution in [2.75, 3.05) is 0 Å². The maximum Gasteiger partial charge on any atom is 0.159 e. The molecule has 2 aromatic rings. The SMILES string of the molecule is CC(C)(C)c1ccc(-c2ccc(F)c(F)c2)cn1. The maximum absolute atomic E-state index is 13.1. The van der Waals surface area contributed by atoms with Gasteiger partial charge in [-0.3, -0.25) is 4.98 Å². The van der Waals surface area contributed by atoms with Gasteiger partial charge in [0.2, 0.25) is 0 Å². The van der Waals surface area contributed by atoms with Gasteiger partial charge in [-0.25, -0.2) is 8.78 Å². The van der Waals surface area contributed by atoms with Crippen molar-refractivity contribution >= 4 is 0 Å². The van der Waals surface area contributed by atoms with Crippen LogP contribution in [0.15, 0.2) is 36.5 Å². The summed E-state index contributed by atoms with van der Waals surface area (Å²) in [6.45, 7) is 6.23. The van der Waals surface area contributed by atoms with Gasteiger partial charge in [-0.05, 0) is 23.8 Å². The molecular formula is C15H15F2N. The van der Waals surface area contributed by atoms with E-state index in [4.69, 9.17) is 0 Å². The zero-order chi connectivity index (χ0) is 13.3. The summed E-state index contributed by atoms with van der Waals surface area (Å²) in [5.41, 5.74) is 2.35. The molecule has 1 aromatic heterocycles. The van der Waals surface area contributed by atoms with Crippen LogP contribution in [0.5, 0.6) is 0 Å². The minimum atomic E-state index is -0.840. The zero-order valence-electron chi connectivity index (χ0n) is 10.7. The Bertz CT molecular complexity index is 554. The normalized spacial score (nSPS) is 11.6. The van der Waals surface area contributed by atoms with Crippen LogP contribution in [0.1, 0.15) is 26.5 Å². The summed E-state index contributed by atoms with van der Waals surface area (Å²) in [5, 5.41) is 0. The van der Waals surface area contributed by atoms with Crippen LogP contribution < -0.4 is 0 Å². The highest BCUT2D eigenvalue weighted by atomic mass is 19.2. The minimum Gasteiger partial charge on any atom is -0.260 e. The Kier molecular flexibility index (Phi) is 3.16. The Morgan fingerprint density at radius 1 is 0.889 bits per heavy atom. The fourth-order valence-corrected chi connectivity index (χ4v) is 1.68. The van der Waals surface area contributed by atoms with Crippen molar-refractivity contribution in [2.45, 2.75) is 26.2 Å². The Hall–Kier alpha value is -1.77. The number of rotatable bonds is 1. The average Bonchev–Trinajstić information content (AvgIpc) is 2.32. The van der Waals surface area contributed by atoms with Gasteiger partial charge in [-0.15, -0.1) is 0 Å². The van der Waals surface area contributed by atoms with Crippen molar-refractivity contribution in [1.29, 1.82) is 0 Å². The van der Waals surface area contributed by atoms with Gasteiger partial charge in [0.15, 0.2) is 11.6 Å². The first-order valence-corrected chi connectivity index (χ1v) is 5.80. The second-order valence-corrected chi connectivity index (χ2v) is 5.31. The molecule has 0 aliphatic carbocycles. The molecule has 1 nitrogen and oxygen atoms in total. The van der Waals surface area contributed by atoms with E-state index in [1.165, 1.54) is 6.07 Å². The second kappa shape index (κ2) is 4.48. The molecule has 0 aliphatic rings. The van der Waals surface area contributed by atoms with E-state index in [2.05, 4.69) is 25.8 Å². The summed E-state index contributed by atoms with van der Waals surface area (Å²) >= 11 is 0. The van der Waals surface area contributed by atoms with Gasteiger partial charge in [0.05, 0.1) is 0 Å². The summed E-state index contributed by atoms with van der Waals surface area (Å²) in [5.74, 6) is -1.68. The summed E-state index contributed by atoms with van der Waals surface area (Å²) < 4.78 is 26.0. The fourth-order valence-electron chi connectivity index (χ4n) is 1.68. The highest BCUT2D eigenvalue weighted by Gasteiger charge is 2.15. The van der Waals surface area contributed by atoms with E-state index in [9.17, 15) is 8.78 Å². The Morgan fingerprint density at radius 2 is 1.56 bits per heavy atom. The van der Waals surface area contributed by atoms with E-state index < -0.39 is 11.6 Å². The fraction of sp³-hybridized carbons (Fsp3) is 0.267. The van der Waals surface area contributed by atoms with Crippen LogP contribution >= 0.6 is 0 Å². The molecule has 18 heavy (non-hydrogen) atoms. The van der Waals surface area contributed by atoms with Crippen LogP contribution in [0.3, 0.4) is 0 Å². The van der Waals surface area contributed by atoms with Gasteiger partial charge < -0.3 is 0 Å². The average molecular weight is 247 g/mol. The third-order valence-corrected chi connectivity index (χ3v) is 2.78. The molecule has 0 atom stereocenters. The molecule has 2 rings (SSSR count). The molecular weight excluding hydrogens is 232 g/mol. The van der Waals surface area contributed by atoms with Gasteiger partial charge in [0.25, 0.3) is 0 Å². The standard InChI is InChI=1S/C15H15F2N/c1-15(2,3)14-7-5-11(9-18-14)10-4-6-12(16)13(17)8-10/h4-9H,1-3H3. The van der Waals surface area contributed by atoms with E-state index >= 15 is 0 Å². The van der Waals surface area contributed by atoms with Crippen LogP contribution in [-0.2, 0) is 5.41 Å². The predicted molar refractivity (Wildman–Crippen MR) is 68.3 cm³/mol. The molecule has 0 radical (unpaired) electrons. The van der Waals surface area contributed by atoms with Crippen molar-refractivity contribution in [3.63, 3.8) is 0 Å². The van der Waals surface area contributed by atoms with Gasteiger partial charge in [0.1, 0.15) is 0 Å². The van der Waals surface area contributed by atoms with Crippen LogP contribution in [0.4, 0.5) is 8.78 Å². The number of nitrogens with zero attached hydrogens (tertiary/aromatic N) is 1. The van der Waals surface area contributed by atoms with Crippen molar-refractivity contribution in [3.05, 3.63) is 53.9 Å².